The maximum Gasteiger partial charge on any atom is 0.341 e. The van der Waals surface area contributed by atoms with Gasteiger partial charge >= 0.3 is 5.97 Å². The van der Waals surface area contributed by atoms with Crippen molar-refractivity contribution >= 4 is 16.7 Å². The van der Waals surface area contributed by atoms with Crippen molar-refractivity contribution < 1.29 is 33.6 Å². The number of ether oxygens (including phenoxy) is 5. The Morgan fingerprint density at radius 3 is 2.59 bits per heavy atom. The summed E-state index contributed by atoms with van der Waals surface area (Å²) < 4.78 is 27.2. The molecule has 1 atom stereocenters. The lowest BCUT2D eigenvalue weighted by molar-refractivity contribution is -0.0544. The van der Waals surface area contributed by atoms with Crippen LogP contribution in [0.3, 0.4) is 0 Å². The quantitative estimate of drug-likeness (QED) is 0.664. The van der Waals surface area contributed by atoms with E-state index in [-0.39, 0.29) is 13.6 Å². The van der Waals surface area contributed by atoms with Crippen molar-refractivity contribution in [1.82, 2.24) is 0 Å². The second kappa shape index (κ2) is 5.05. The fourth-order valence-electron chi connectivity index (χ4n) is 3.87. The zero-order valence-corrected chi connectivity index (χ0v) is 13.9. The normalized spacial score (nSPS) is 18.7. The van der Waals surface area contributed by atoms with Gasteiger partial charge in [0.1, 0.15) is 0 Å². The Morgan fingerprint density at radius 1 is 0.889 bits per heavy atom. The average molecular weight is 364 g/mol. The lowest BCUT2D eigenvalue weighted by Crippen LogP contribution is -1.99. The topological polar surface area (TPSA) is 83.5 Å². The highest BCUT2D eigenvalue weighted by Gasteiger charge is 2.36. The van der Waals surface area contributed by atoms with Crippen LogP contribution in [0, 0.1) is 0 Å². The van der Waals surface area contributed by atoms with Gasteiger partial charge in [-0.1, -0.05) is 12.1 Å². The molecule has 0 spiro atoms. The Bertz CT molecular complexity index is 1150. The molecule has 3 aliphatic heterocycles. The first kappa shape index (κ1) is 14.7. The molecule has 0 saturated heterocycles. The van der Waals surface area contributed by atoms with Crippen molar-refractivity contribution in [3.05, 3.63) is 47.5 Å². The van der Waals surface area contributed by atoms with Gasteiger partial charge in [0.15, 0.2) is 23.0 Å². The first-order valence-corrected chi connectivity index (χ1v) is 8.39. The summed E-state index contributed by atoms with van der Waals surface area (Å²) in [6, 6.07) is 10.8. The molecule has 0 amide bonds. The van der Waals surface area contributed by atoms with E-state index in [4.69, 9.17) is 23.7 Å². The molecule has 0 radical (unpaired) electrons. The van der Waals surface area contributed by atoms with Gasteiger partial charge in [0.25, 0.3) is 0 Å². The molecule has 134 valence electrons. The van der Waals surface area contributed by atoms with Crippen molar-refractivity contribution in [2.45, 2.75) is 6.29 Å². The molecule has 27 heavy (non-hydrogen) atoms. The van der Waals surface area contributed by atoms with E-state index in [2.05, 4.69) is 0 Å². The van der Waals surface area contributed by atoms with E-state index in [0.29, 0.717) is 39.7 Å². The van der Waals surface area contributed by atoms with Crippen LogP contribution in [0.2, 0.25) is 0 Å². The molecule has 6 rings (SSSR count). The van der Waals surface area contributed by atoms with E-state index in [1.807, 2.05) is 18.2 Å². The third kappa shape index (κ3) is 1.91. The van der Waals surface area contributed by atoms with Gasteiger partial charge in [-0.3, -0.25) is 0 Å². The molecule has 0 unspecified atom stereocenters. The first-order chi connectivity index (χ1) is 13.2. The van der Waals surface area contributed by atoms with Crippen LogP contribution >= 0.6 is 0 Å². The first-order valence-electron chi connectivity index (χ1n) is 8.39. The highest BCUT2D eigenvalue weighted by atomic mass is 16.7. The highest BCUT2D eigenvalue weighted by molar-refractivity contribution is 6.10. The molecular formula is C20H12O7. The Balaban J connectivity index is 1.75. The van der Waals surface area contributed by atoms with Crippen LogP contribution in [-0.2, 0) is 4.74 Å². The number of cyclic esters (lactones) is 1. The van der Waals surface area contributed by atoms with Gasteiger partial charge in [-0.2, -0.15) is 0 Å². The third-order valence-corrected chi connectivity index (χ3v) is 5.03. The van der Waals surface area contributed by atoms with E-state index in [9.17, 15) is 9.90 Å². The number of benzene rings is 3. The largest absolute Gasteiger partial charge is 0.454 e. The summed E-state index contributed by atoms with van der Waals surface area (Å²) in [5.41, 5.74) is 2.15. The number of aliphatic hydroxyl groups excluding tert-OH is 1. The highest BCUT2D eigenvalue weighted by Crippen LogP contribution is 2.50. The summed E-state index contributed by atoms with van der Waals surface area (Å²) in [6.07, 6.45) is -1.35. The number of rotatable bonds is 1. The predicted molar refractivity (Wildman–Crippen MR) is 92.0 cm³/mol. The minimum absolute atomic E-state index is 0.115. The Kier molecular flexibility index (Phi) is 2.75. The molecule has 0 fully saturated rings. The van der Waals surface area contributed by atoms with E-state index in [1.54, 1.807) is 18.2 Å². The lowest BCUT2D eigenvalue weighted by atomic mass is 9.89. The van der Waals surface area contributed by atoms with Crippen LogP contribution < -0.4 is 18.9 Å². The maximum atomic E-state index is 12.2. The fourth-order valence-corrected chi connectivity index (χ4v) is 3.87. The molecule has 0 bridgehead atoms. The van der Waals surface area contributed by atoms with Crippen LogP contribution in [0.15, 0.2) is 36.4 Å². The van der Waals surface area contributed by atoms with Crippen LogP contribution in [0.4, 0.5) is 0 Å². The monoisotopic (exact) mass is 364 g/mol. The van der Waals surface area contributed by atoms with Crippen LogP contribution in [0.25, 0.3) is 21.9 Å². The summed E-state index contributed by atoms with van der Waals surface area (Å²) in [7, 11) is 0. The van der Waals surface area contributed by atoms with Crippen LogP contribution in [0.1, 0.15) is 22.2 Å². The molecule has 0 aromatic heterocycles. The standard InChI is InChI=1S/C20H12O7/c21-19-11-5-9-2-4-13-18(26-8-24-13)16(9)15(17(11)20(22)27-19)10-1-3-12-14(6-10)25-7-23-12/h1-6,20,22H,7-8H2/t20-/m1/s1. The zero-order chi connectivity index (χ0) is 18.1. The second-order valence-corrected chi connectivity index (χ2v) is 6.44. The van der Waals surface area contributed by atoms with Crippen molar-refractivity contribution in [3.63, 3.8) is 0 Å². The minimum Gasteiger partial charge on any atom is -0.454 e. The number of hydrogen-bond acceptors (Lipinski definition) is 7. The summed E-state index contributed by atoms with van der Waals surface area (Å²) in [5.74, 6) is 1.88. The zero-order valence-electron chi connectivity index (χ0n) is 13.9. The van der Waals surface area contributed by atoms with E-state index >= 15 is 0 Å². The van der Waals surface area contributed by atoms with E-state index in [0.717, 1.165) is 16.3 Å². The number of hydrogen-bond donors (Lipinski definition) is 1. The molecule has 7 heteroatoms. The smallest absolute Gasteiger partial charge is 0.341 e. The SMILES string of the molecule is O=C1O[C@@H](O)c2c1cc1ccc3c(c1c2-c1ccc2c(c1)OCO2)OCO3. The summed E-state index contributed by atoms with van der Waals surface area (Å²) >= 11 is 0. The van der Waals surface area contributed by atoms with Gasteiger partial charge in [0.05, 0.1) is 5.56 Å². The van der Waals surface area contributed by atoms with E-state index in [1.165, 1.54) is 0 Å². The van der Waals surface area contributed by atoms with Gasteiger partial charge < -0.3 is 28.8 Å². The summed E-state index contributed by atoms with van der Waals surface area (Å²) in [4.78, 5) is 12.2. The summed E-state index contributed by atoms with van der Waals surface area (Å²) in [5, 5.41) is 12.0. The molecule has 3 aliphatic rings. The van der Waals surface area contributed by atoms with Crippen molar-refractivity contribution in [2.75, 3.05) is 13.6 Å². The van der Waals surface area contributed by atoms with Crippen molar-refractivity contribution in [3.8, 4) is 34.1 Å². The van der Waals surface area contributed by atoms with Gasteiger partial charge in [0.2, 0.25) is 19.9 Å². The molecule has 3 aromatic carbocycles. The molecule has 3 heterocycles. The third-order valence-electron chi connectivity index (χ3n) is 5.03. The minimum atomic E-state index is -1.35. The molecule has 1 N–H and O–H groups in total. The number of carbonyl (C=O) groups excluding carboxylic acids is 1. The van der Waals surface area contributed by atoms with Crippen LogP contribution in [0.5, 0.6) is 23.0 Å². The molecule has 0 aliphatic carbocycles. The van der Waals surface area contributed by atoms with Crippen molar-refractivity contribution in [1.29, 1.82) is 0 Å². The van der Waals surface area contributed by atoms with Gasteiger partial charge in [-0.15, -0.1) is 0 Å². The second-order valence-electron chi connectivity index (χ2n) is 6.44. The Labute approximate surface area is 152 Å². The van der Waals surface area contributed by atoms with Crippen LogP contribution in [-0.4, -0.2) is 24.7 Å². The average Bonchev–Trinajstić information content (AvgIpc) is 3.39. The molecule has 7 nitrogen and oxygen atoms in total. The molecule has 3 aromatic rings. The van der Waals surface area contributed by atoms with Crippen molar-refractivity contribution in [2.24, 2.45) is 0 Å². The molecule has 0 saturated carbocycles. The van der Waals surface area contributed by atoms with Gasteiger partial charge in [-0.05, 0) is 35.2 Å². The Hall–Kier alpha value is -3.45. The predicted octanol–water partition coefficient (Wildman–Crippen LogP) is 3.13. The number of carbonyl (C=O) groups is 1. The Morgan fingerprint density at radius 2 is 1.67 bits per heavy atom. The fraction of sp³-hybridized carbons (Fsp3) is 0.150. The van der Waals surface area contributed by atoms with E-state index < -0.39 is 12.3 Å². The number of fused-ring (bicyclic) bond motifs is 5. The molecular weight excluding hydrogens is 352 g/mol. The van der Waals surface area contributed by atoms with Gasteiger partial charge in [-0.25, -0.2) is 4.79 Å². The maximum absolute atomic E-state index is 12.2. The number of aliphatic hydroxyl groups is 1. The number of esters is 1. The lowest BCUT2D eigenvalue weighted by Gasteiger charge is -2.15. The summed E-state index contributed by atoms with van der Waals surface area (Å²) in [6.45, 7) is 0.271. The van der Waals surface area contributed by atoms with Gasteiger partial charge in [0, 0.05) is 16.5 Å².